The normalized spacial score (nSPS) is 25.4. The molecular formula is C15H30N2. The fraction of sp³-hybridized carbons (Fsp3) is 1.00. The molecule has 1 unspecified atom stereocenters. The molecule has 2 heteroatoms. The van der Waals surface area contributed by atoms with E-state index in [0.717, 1.165) is 18.0 Å². The number of piperidine rings is 1. The molecule has 1 atom stereocenters. The summed E-state index contributed by atoms with van der Waals surface area (Å²) in [4.78, 5) is 2.71. The molecule has 17 heavy (non-hydrogen) atoms. The smallest absolute Gasteiger partial charge is 0.00964 e. The van der Waals surface area contributed by atoms with Gasteiger partial charge in [0.2, 0.25) is 0 Å². The highest BCUT2D eigenvalue weighted by molar-refractivity contribution is 4.89. The lowest BCUT2D eigenvalue weighted by Gasteiger charge is -2.34. The van der Waals surface area contributed by atoms with Crippen molar-refractivity contribution in [1.82, 2.24) is 10.2 Å². The van der Waals surface area contributed by atoms with Crippen molar-refractivity contribution in [3.05, 3.63) is 0 Å². The van der Waals surface area contributed by atoms with E-state index in [1.54, 1.807) is 0 Å². The molecule has 2 rings (SSSR count). The Hall–Kier alpha value is -0.0800. The molecule has 1 heterocycles. The fourth-order valence-corrected chi connectivity index (χ4v) is 2.94. The molecule has 0 bridgehead atoms. The van der Waals surface area contributed by atoms with Gasteiger partial charge in [0.25, 0.3) is 0 Å². The van der Waals surface area contributed by atoms with Gasteiger partial charge in [0, 0.05) is 18.1 Å². The van der Waals surface area contributed by atoms with Gasteiger partial charge in [0.1, 0.15) is 0 Å². The van der Waals surface area contributed by atoms with Crippen molar-refractivity contribution in [2.75, 3.05) is 13.1 Å². The predicted octanol–water partition coefficient (Wildman–Crippen LogP) is 3.03. The minimum absolute atomic E-state index is 0.704. The predicted molar refractivity (Wildman–Crippen MR) is 74.3 cm³/mol. The number of likely N-dealkylation sites (tertiary alicyclic amines) is 1. The molecule has 0 spiro atoms. The number of rotatable bonds is 6. The largest absolute Gasteiger partial charge is 0.311 e. The average Bonchev–Trinajstić information content (AvgIpc) is 3.11. The van der Waals surface area contributed by atoms with Crippen molar-refractivity contribution in [2.24, 2.45) is 5.92 Å². The van der Waals surface area contributed by atoms with Gasteiger partial charge in [-0.1, -0.05) is 13.8 Å². The maximum Gasteiger partial charge on any atom is 0.00964 e. The second kappa shape index (κ2) is 6.19. The lowest BCUT2D eigenvalue weighted by atomic mass is 10.0. The van der Waals surface area contributed by atoms with Crippen LogP contribution in [0.1, 0.15) is 59.3 Å². The molecule has 1 N–H and O–H groups in total. The Morgan fingerprint density at radius 1 is 1.00 bits per heavy atom. The van der Waals surface area contributed by atoms with Gasteiger partial charge >= 0.3 is 0 Å². The van der Waals surface area contributed by atoms with Crippen LogP contribution in [-0.2, 0) is 0 Å². The zero-order valence-corrected chi connectivity index (χ0v) is 11.9. The van der Waals surface area contributed by atoms with Gasteiger partial charge in [0.15, 0.2) is 0 Å². The van der Waals surface area contributed by atoms with Crippen LogP contribution in [0.4, 0.5) is 0 Å². The third-order valence-electron chi connectivity index (χ3n) is 4.29. The third kappa shape index (κ3) is 4.59. The Kier molecular flexibility index (Phi) is 4.87. The molecule has 2 aliphatic rings. The Morgan fingerprint density at radius 2 is 1.65 bits per heavy atom. The second-order valence-electron chi connectivity index (χ2n) is 6.58. The summed E-state index contributed by atoms with van der Waals surface area (Å²) in [5, 5.41) is 3.83. The molecular weight excluding hydrogens is 208 g/mol. The summed E-state index contributed by atoms with van der Waals surface area (Å²) in [5.74, 6) is 0.843. The highest BCUT2D eigenvalue weighted by Crippen LogP contribution is 2.29. The molecule has 0 aromatic heterocycles. The molecule has 0 aromatic rings. The van der Waals surface area contributed by atoms with E-state index in [0.29, 0.717) is 6.04 Å². The first-order chi connectivity index (χ1) is 8.15. The molecule has 1 aliphatic carbocycles. The van der Waals surface area contributed by atoms with E-state index in [2.05, 4.69) is 31.0 Å². The van der Waals surface area contributed by atoms with Gasteiger partial charge in [-0.15, -0.1) is 0 Å². The van der Waals surface area contributed by atoms with Crippen LogP contribution >= 0.6 is 0 Å². The monoisotopic (exact) mass is 238 g/mol. The molecule has 100 valence electrons. The van der Waals surface area contributed by atoms with Crippen molar-refractivity contribution in [3.8, 4) is 0 Å². The van der Waals surface area contributed by atoms with Gasteiger partial charge < -0.3 is 10.2 Å². The summed E-state index contributed by atoms with van der Waals surface area (Å²) in [7, 11) is 0. The second-order valence-corrected chi connectivity index (χ2v) is 6.58. The summed E-state index contributed by atoms with van der Waals surface area (Å²) in [6.07, 6.45) is 8.34. The van der Waals surface area contributed by atoms with Gasteiger partial charge in [-0.05, 0) is 64.5 Å². The number of nitrogens with zero attached hydrogens (tertiary/aromatic N) is 1. The van der Waals surface area contributed by atoms with Crippen molar-refractivity contribution in [1.29, 1.82) is 0 Å². The van der Waals surface area contributed by atoms with E-state index in [1.165, 1.54) is 51.6 Å². The standard InChI is InChI=1S/C15H30N2/c1-12(2)4-5-13(3)16-14-8-10-17(11-9-14)15-6-7-15/h12-16H,4-11H2,1-3H3. The number of hydrogen-bond acceptors (Lipinski definition) is 2. The Balaban J connectivity index is 1.59. The zero-order chi connectivity index (χ0) is 12.3. The van der Waals surface area contributed by atoms with Crippen LogP contribution in [0, 0.1) is 5.92 Å². The molecule has 1 saturated heterocycles. The summed E-state index contributed by atoms with van der Waals surface area (Å²) < 4.78 is 0. The van der Waals surface area contributed by atoms with Gasteiger partial charge in [-0.3, -0.25) is 0 Å². The molecule has 2 nitrogen and oxygen atoms in total. The highest BCUT2D eigenvalue weighted by Gasteiger charge is 2.31. The molecule has 0 radical (unpaired) electrons. The van der Waals surface area contributed by atoms with Crippen LogP contribution in [0.3, 0.4) is 0 Å². The third-order valence-corrected chi connectivity index (χ3v) is 4.29. The van der Waals surface area contributed by atoms with E-state index in [4.69, 9.17) is 0 Å². The van der Waals surface area contributed by atoms with Gasteiger partial charge in [0.05, 0.1) is 0 Å². The van der Waals surface area contributed by atoms with Gasteiger partial charge in [-0.2, -0.15) is 0 Å². The quantitative estimate of drug-likeness (QED) is 0.765. The fourth-order valence-electron chi connectivity index (χ4n) is 2.94. The minimum Gasteiger partial charge on any atom is -0.311 e. The lowest BCUT2D eigenvalue weighted by Crippen LogP contribution is -2.46. The summed E-state index contributed by atoms with van der Waals surface area (Å²) in [5.41, 5.74) is 0. The molecule has 1 saturated carbocycles. The van der Waals surface area contributed by atoms with Gasteiger partial charge in [-0.25, -0.2) is 0 Å². The maximum absolute atomic E-state index is 3.83. The maximum atomic E-state index is 3.83. The number of hydrogen-bond donors (Lipinski definition) is 1. The van der Waals surface area contributed by atoms with Crippen LogP contribution in [0.15, 0.2) is 0 Å². The molecule has 1 aliphatic heterocycles. The molecule has 2 fully saturated rings. The van der Waals surface area contributed by atoms with E-state index < -0.39 is 0 Å². The van der Waals surface area contributed by atoms with Crippen LogP contribution in [-0.4, -0.2) is 36.1 Å². The van der Waals surface area contributed by atoms with Crippen LogP contribution in [0.5, 0.6) is 0 Å². The first-order valence-electron chi connectivity index (χ1n) is 7.65. The van der Waals surface area contributed by atoms with Crippen LogP contribution < -0.4 is 5.32 Å². The van der Waals surface area contributed by atoms with Crippen molar-refractivity contribution in [2.45, 2.75) is 77.4 Å². The number of nitrogens with one attached hydrogen (secondary N) is 1. The first-order valence-corrected chi connectivity index (χ1v) is 7.65. The van der Waals surface area contributed by atoms with E-state index in [-0.39, 0.29) is 0 Å². The van der Waals surface area contributed by atoms with Crippen LogP contribution in [0.2, 0.25) is 0 Å². The van der Waals surface area contributed by atoms with E-state index in [1.807, 2.05) is 0 Å². The summed E-state index contributed by atoms with van der Waals surface area (Å²) in [6, 6.07) is 2.45. The van der Waals surface area contributed by atoms with Crippen molar-refractivity contribution in [3.63, 3.8) is 0 Å². The lowest BCUT2D eigenvalue weighted by molar-refractivity contribution is 0.182. The van der Waals surface area contributed by atoms with Crippen LogP contribution in [0.25, 0.3) is 0 Å². The van der Waals surface area contributed by atoms with Crippen molar-refractivity contribution < 1.29 is 0 Å². The first kappa shape index (κ1) is 13.4. The minimum atomic E-state index is 0.704. The highest BCUT2D eigenvalue weighted by atomic mass is 15.2. The summed E-state index contributed by atoms with van der Waals surface area (Å²) >= 11 is 0. The summed E-state index contributed by atoms with van der Waals surface area (Å²) in [6.45, 7) is 9.66. The van der Waals surface area contributed by atoms with Crippen molar-refractivity contribution >= 4 is 0 Å². The van der Waals surface area contributed by atoms with E-state index >= 15 is 0 Å². The average molecular weight is 238 g/mol. The zero-order valence-electron chi connectivity index (χ0n) is 11.9. The Labute approximate surface area is 107 Å². The Bertz CT molecular complexity index is 215. The Morgan fingerprint density at radius 3 is 2.18 bits per heavy atom. The molecule has 0 amide bonds. The molecule has 0 aromatic carbocycles. The SMILES string of the molecule is CC(C)CCC(C)NC1CCN(C2CC2)CC1. The topological polar surface area (TPSA) is 15.3 Å². The van der Waals surface area contributed by atoms with E-state index in [9.17, 15) is 0 Å².